The summed E-state index contributed by atoms with van der Waals surface area (Å²) in [4.78, 5) is 36.5. The molecule has 0 unspecified atom stereocenters. The highest BCUT2D eigenvalue weighted by molar-refractivity contribution is 6.30. The number of ether oxygens (including phenoxy) is 1. The zero-order valence-electron chi connectivity index (χ0n) is 15.9. The van der Waals surface area contributed by atoms with E-state index in [0.29, 0.717) is 5.02 Å². The number of rotatable bonds is 8. The van der Waals surface area contributed by atoms with Crippen molar-refractivity contribution in [2.75, 3.05) is 6.61 Å². The number of furan rings is 1. The summed E-state index contributed by atoms with van der Waals surface area (Å²) in [6.45, 7) is 4.86. The van der Waals surface area contributed by atoms with Crippen LogP contribution >= 0.6 is 11.6 Å². The molecule has 2 rings (SSSR count). The van der Waals surface area contributed by atoms with Crippen LogP contribution in [-0.4, -0.2) is 30.4 Å². The Balaban J connectivity index is 1.87. The van der Waals surface area contributed by atoms with E-state index in [2.05, 4.69) is 10.6 Å². The molecule has 0 saturated carbocycles. The van der Waals surface area contributed by atoms with Crippen molar-refractivity contribution in [2.24, 2.45) is 5.92 Å². The fraction of sp³-hybridized carbons (Fsp3) is 0.350. The van der Waals surface area contributed by atoms with Crippen LogP contribution in [0.2, 0.25) is 5.02 Å². The molecule has 28 heavy (non-hydrogen) atoms. The molecule has 0 radical (unpaired) electrons. The van der Waals surface area contributed by atoms with E-state index in [9.17, 15) is 14.4 Å². The standard InChI is InChI=1S/C20H23ClN2O5/c1-12(2)18(23-19(25)16-8-5-9-27-16)20(26)28-11-17(24)22-13(3)14-6-4-7-15(21)10-14/h4-10,12-13,18H,11H2,1-3H3,(H,22,24)(H,23,25)/t13-,18-/m0/s1. The van der Waals surface area contributed by atoms with E-state index in [4.69, 9.17) is 20.8 Å². The Morgan fingerprint density at radius 3 is 2.46 bits per heavy atom. The summed E-state index contributed by atoms with van der Waals surface area (Å²) < 4.78 is 10.1. The third kappa shape index (κ3) is 6.13. The summed E-state index contributed by atoms with van der Waals surface area (Å²) in [6.07, 6.45) is 1.36. The minimum Gasteiger partial charge on any atom is -0.459 e. The largest absolute Gasteiger partial charge is 0.459 e. The summed E-state index contributed by atoms with van der Waals surface area (Å²) in [5.74, 6) is -1.83. The average Bonchev–Trinajstić information content (AvgIpc) is 3.18. The molecule has 150 valence electrons. The Kier molecular flexibility index (Phi) is 7.63. The molecule has 0 aliphatic rings. The summed E-state index contributed by atoms with van der Waals surface area (Å²) in [5, 5.41) is 5.86. The summed E-state index contributed by atoms with van der Waals surface area (Å²) in [6, 6.07) is 8.96. The van der Waals surface area contributed by atoms with Gasteiger partial charge >= 0.3 is 5.97 Å². The van der Waals surface area contributed by atoms with Crippen molar-refractivity contribution in [1.29, 1.82) is 0 Å². The third-order valence-electron chi connectivity index (χ3n) is 4.02. The number of amides is 2. The van der Waals surface area contributed by atoms with Gasteiger partial charge in [-0.25, -0.2) is 4.79 Å². The van der Waals surface area contributed by atoms with Crippen LogP contribution in [0.4, 0.5) is 0 Å². The van der Waals surface area contributed by atoms with E-state index in [1.165, 1.54) is 12.3 Å². The predicted molar refractivity (Wildman–Crippen MR) is 104 cm³/mol. The zero-order valence-corrected chi connectivity index (χ0v) is 16.7. The van der Waals surface area contributed by atoms with Gasteiger partial charge in [-0.05, 0) is 42.7 Å². The molecule has 2 N–H and O–H groups in total. The molecule has 7 nitrogen and oxygen atoms in total. The van der Waals surface area contributed by atoms with E-state index in [1.807, 2.05) is 6.07 Å². The van der Waals surface area contributed by atoms with Gasteiger partial charge in [-0.15, -0.1) is 0 Å². The van der Waals surface area contributed by atoms with Gasteiger partial charge in [-0.3, -0.25) is 9.59 Å². The van der Waals surface area contributed by atoms with Crippen LogP contribution in [0.3, 0.4) is 0 Å². The van der Waals surface area contributed by atoms with Crippen LogP contribution in [0.5, 0.6) is 0 Å². The minimum atomic E-state index is -0.907. The molecule has 1 aromatic carbocycles. The number of esters is 1. The number of benzene rings is 1. The Morgan fingerprint density at radius 1 is 1.11 bits per heavy atom. The maximum Gasteiger partial charge on any atom is 0.329 e. The molecule has 0 aliphatic carbocycles. The van der Waals surface area contributed by atoms with Gasteiger partial charge in [-0.1, -0.05) is 37.6 Å². The Morgan fingerprint density at radius 2 is 1.86 bits per heavy atom. The highest BCUT2D eigenvalue weighted by atomic mass is 35.5. The summed E-state index contributed by atoms with van der Waals surface area (Å²) >= 11 is 5.95. The normalized spacial score (nSPS) is 12.9. The van der Waals surface area contributed by atoms with E-state index in [1.54, 1.807) is 45.0 Å². The lowest BCUT2D eigenvalue weighted by Crippen LogP contribution is -2.46. The van der Waals surface area contributed by atoms with Crippen molar-refractivity contribution in [3.63, 3.8) is 0 Å². The molecule has 2 aromatic rings. The monoisotopic (exact) mass is 406 g/mol. The average molecular weight is 407 g/mol. The lowest BCUT2D eigenvalue weighted by molar-refractivity contribution is -0.151. The first kappa shape index (κ1) is 21.5. The highest BCUT2D eigenvalue weighted by Crippen LogP contribution is 2.17. The van der Waals surface area contributed by atoms with Gasteiger partial charge in [0.15, 0.2) is 12.4 Å². The molecule has 8 heteroatoms. The maximum atomic E-state index is 12.3. The van der Waals surface area contributed by atoms with E-state index in [-0.39, 0.29) is 17.7 Å². The molecule has 0 aliphatic heterocycles. The first-order chi connectivity index (χ1) is 13.3. The molecule has 0 fully saturated rings. The fourth-order valence-corrected chi connectivity index (χ4v) is 2.69. The number of hydrogen-bond acceptors (Lipinski definition) is 5. The molecule has 1 aromatic heterocycles. The Hall–Kier alpha value is -2.80. The highest BCUT2D eigenvalue weighted by Gasteiger charge is 2.27. The van der Waals surface area contributed by atoms with Gasteiger partial charge in [-0.2, -0.15) is 0 Å². The minimum absolute atomic E-state index is 0.0894. The van der Waals surface area contributed by atoms with Gasteiger partial charge in [0.2, 0.25) is 0 Å². The van der Waals surface area contributed by atoms with Crippen molar-refractivity contribution in [1.82, 2.24) is 10.6 Å². The van der Waals surface area contributed by atoms with Crippen LogP contribution in [0.1, 0.15) is 42.9 Å². The summed E-state index contributed by atoms with van der Waals surface area (Å²) in [5.41, 5.74) is 0.831. The molecule has 2 amide bonds. The van der Waals surface area contributed by atoms with Crippen LogP contribution in [0, 0.1) is 5.92 Å². The lowest BCUT2D eigenvalue weighted by atomic mass is 10.0. The van der Waals surface area contributed by atoms with Crippen LogP contribution in [0.25, 0.3) is 0 Å². The second-order valence-electron chi connectivity index (χ2n) is 6.62. The number of carbonyl (C=O) groups is 3. The van der Waals surface area contributed by atoms with Gasteiger partial charge in [0.25, 0.3) is 11.8 Å². The van der Waals surface area contributed by atoms with Gasteiger partial charge in [0, 0.05) is 5.02 Å². The molecular formula is C20H23ClN2O5. The van der Waals surface area contributed by atoms with Gasteiger partial charge in [0.05, 0.1) is 12.3 Å². The lowest BCUT2D eigenvalue weighted by Gasteiger charge is -2.20. The topological polar surface area (TPSA) is 97.6 Å². The number of nitrogens with one attached hydrogen (secondary N) is 2. The Labute approximate surface area is 168 Å². The quantitative estimate of drug-likeness (QED) is 0.656. The number of carbonyl (C=O) groups excluding carboxylic acids is 3. The zero-order chi connectivity index (χ0) is 20.7. The van der Waals surface area contributed by atoms with E-state index < -0.39 is 30.4 Å². The van der Waals surface area contributed by atoms with Crippen molar-refractivity contribution in [2.45, 2.75) is 32.9 Å². The third-order valence-corrected chi connectivity index (χ3v) is 4.26. The van der Waals surface area contributed by atoms with Crippen molar-refractivity contribution >= 4 is 29.4 Å². The first-order valence-corrected chi connectivity index (χ1v) is 9.21. The fourth-order valence-electron chi connectivity index (χ4n) is 2.49. The van der Waals surface area contributed by atoms with E-state index >= 15 is 0 Å². The second-order valence-corrected chi connectivity index (χ2v) is 7.06. The van der Waals surface area contributed by atoms with E-state index in [0.717, 1.165) is 5.56 Å². The van der Waals surface area contributed by atoms with Crippen molar-refractivity contribution in [3.8, 4) is 0 Å². The molecule has 2 atom stereocenters. The predicted octanol–water partition coefficient (Wildman–Crippen LogP) is 3.11. The summed E-state index contributed by atoms with van der Waals surface area (Å²) in [7, 11) is 0. The molecule has 0 saturated heterocycles. The molecule has 0 bridgehead atoms. The molecule has 1 heterocycles. The van der Waals surface area contributed by atoms with Gasteiger partial charge < -0.3 is 19.8 Å². The van der Waals surface area contributed by atoms with Crippen molar-refractivity contribution in [3.05, 3.63) is 59.0 Å². The number of halogens is 1. The molecule has 0 spiro atoms. The number of hydrogen-bond donors (Lipinski definition) is 2. The first-order valence-electron chi connectivity index (χ1n) is 8.83. The van der Waals surface area contributed by atoms with Gasteiger partial charge in [0.1, 0.15) is 6.04 Å². The van der Waals surface area contributed by atoms with Crippen molar-refractivity contribution < 1.29 is 23.5 Å². The second kappa shape index (κ2) is 9.94. The Bertz CT molecular complexity index is 820. The van der Waals surface area contributed by atoms with Crippen LogP contribution in [0.15, 0.2) is 47.1 Å². The maximum absolute atomic E-state index is 12.3. The smallest absolute Gasteiger partial charge is 0.329 e. The van der Waals surface area contributed by atoms with Crippen LogP contribution in [-0.2, 0) is 14.3 Å². The molecular weight excluding hydrogens is 384 g/mol. The van der Waals surface area contributed by atoms with Crippen LogP contribution < -0.4 is 10.6 Å². The SMILES string of the molecule is CC(C)[C@H](NC(=O)c1ccco1)C(=O)OCC(=O)N[C@@H](C)c1cccc(Cl)c1.